The summed E-state index contributed by atoms with van der Waals surface area (Å²) >= 11 is 2.36. The normalized spacial score (nSPS) is 12.6. The van der Waals surface area contributed by atoms with Crippen molar-refractivity contribution in [3.8, 4) is 0 Å². The minimum absolute atomic E-state index is 0.0103. The second-order valence-electron chi connectivity index (χ2n) is 3.52. The Labute approximate surface area is 111 Å². The Hall–Kier alpha value is -1.45. The molecule has 7 nitrogen and oxygen atoms in total. The summed E-state index contributed by atoms with van der Waals surface area (Å²) in [5.41, 5.74) is -0.0103. The lowest BCUT2D eigenvalue weighted by Gasteiger charge is -1.97. The van der Waals surface area contributed by atoms with E-state index in [1.54, 1.807) is 14.0 Å². The molecule has 0 fully saturated rings. The van der Waals surface area contributed by atoms with Crippen molar-refractivity contribution in [3.63, 3.8) is 0 Å². The predicted octanol–water partition coefficient (Wildman–Crippen LogP) is 1.99. The highest BCUT2D eigenvalue weighted by Gasteiger charge is 2.23. The Balaban J connectivity index is 2.37. The molecule has 0 aliphatic rings. The van der Waals surface area contributed by atoms with Crippen molar-refractivity contribution in [1.29, 1.82) is 0 Å². The third-order valence-electron chi connectivity index (χ3n) is 2.16. The zero-order valence-corrected chi connectivity index (χ0v) is 11.2. The molecule has 2 aromatic heterocycles. The van der Waals surface area contributed by atoms with Gasteiger partial charge in [0.15, 0.2) is 5.16 Å². The summed E-state index contributed by atoms with van der Waals surface area (Å²) in [4.78, 5) is 15.1. The molecule has 1 N–H and O–H groups in total. The largest absolute Gasteiger partial charge is 0.388 e. The van der Waals surface area contributed by atoms with Crippen molar-refractivity contribution in [1.82, 2.24) is 14.8 Å². The molecule has 96 valence electrons. The molecule has 0 aliphatic heterocycles. The zero-order chi connectivity index (χ0) is 13.3. The van der Waals surface area contributed by atoms with Crippen LogP contribution in [0.3, 0.4) is 0 Å². The first kappa shape index (κ1) is 13.0. The van der Waals surface area contributed by atoms with E-state index in [9.17, 15) is 15.2 Å². The number of aliphatic hydroxyl groups excluding tert-OH is 1. The van der Waals surface area contributed by atoms with Gasteiger partial charge in [-0.15, -0.1) is 11.3 Å². The third kappa shape index (κ3) is 2.52. The fourth-order valence-electron chi connectivity index (χ4n) is 1.25. The monoisotopic (exact) mass is 286 g/mol. The molecule has 9 heteroatoms. The lowest BCUT2D eigenvalue weighted by atomic mass is 10.3. The van der Waals surface area contributed by atoms with Crippen molar-refractivity contribution >= 4 is 28.8 Å². The molecule has 1 atom stereocenters. The van der Waals surface area contributed by atoms with Gasteiger partial charge in [0.25, 0.3) is 5.69 Å². The molecule has 0 unspecified atom stereocenters. The van der Waals surface area contributed by atoms with Gasteiger partial charge in [0.05, 0.1) is 11.0 Å². The van der Waals surface area contributed by atoms with Crippen LogP contribution in [0.15, 0.2) is 21.8 Å². The number of nitrogens with zero attached hydrogens (tertiary/aromatic N) is 4. The number of rotatable bonds is 4. The van der Waals surface area contributed by atoms with Crippen LogP contribution in [0.5, 0.6) is 0 Å². The summed E-state index contributed by atoms with van der Waals surface area (Å²) in [5, 5.41) is 24.9. The number of aryl methyl sites for hydroxylation is 1. The number of hydrogen-bond donors (Lipinski definition) is 1. The Morgan fingerprint density at radius 1 is 1.67 bits per heavy atom. The van der Waals surface area contributed by atoms with E-state index in [1.165, 1.54) is 40.2 Å². The van der Waals surface area contributed by atoms with Crippen molar-refractivity contribution in [3.05, 3.63) is 27.4 Å². The van der Waals surface area contributed by atoms with Gasteiger partial charge in [-0.1, -0.05) is 0 Å². The molecule has 2 rings (SSSR count). The fraction of sp³-hybridized carbons (Fsp3) is 0.333. The summed E-state index contributed by atoms with van der Waals surface area (Å²) in [6, 6.07) is 1.40. The molecule has 18 heavy (non-hydrogen) atoms. The van der Waals surface area contributed by atoms with E-state index < -0.39 is 11.0 Å². The Morgan fingerprint density at radius 2 is 2.39 bits per heavy atom. The average Bonchev–Trinajstić information content (AvgIpc) is 2.87. The van der Waals surface area contributed by atoms with Crippen LogP contribution in [0, 0.1) is 10.1 Å². The van der Waals surface area contributed by atoms with Crippen LogP contribution in [-0.2, 0) is 7.05 Å². The van der Waals surface area contributed by atoms with E-state index in [4.69, 9.17) is 0 Å². The molecule has 0 bridgehead atoms. The summed E-state index contributed by atoms with van der Waals surface area (Å²) in [5.74, 6) is 0. The quantitative estimate of drug-likeness (QED) is 0.682. The van der Waals surface area contributed by atoms with Gasteiger partial charge < -0.3 is 5.11 Å². The predicted molar refractivity (Wildman–Crippen MR) is 66.7 cm³/mol. The summed E-state index contributed by atoms with van der Waals surface area (Å²) < 4.78 is 2.03. The van der Waals surface area contributed by atoms with Gasteiger partial charge in [-0.2, -0.15) is 5.10 Å². The van der Waals surface area contributed by atoms with E-state index in [2.05, 4.69) is 10.1 Å². The first-order valence-corrected chi connectivity index (χ1v) is 6.60. The second kappa shape index (κ2) is 5.04. The van der Waals surface area contributed by atoms with Gasteiger partial charge in [-0.3, -0.25) is 10.1 Å². The number of nitro groups is 1. The Kier molecular flexibility index (Phi) is 3.64. The first-order chi connectivity index (χ1) is 8.49. The highest BCUT2D eigenvalue weighted by atomic mass is 32.2. The van der Waals surface area contributed by atoms with Gasteiger partial charge >= 0.3 is 0 Å². The van der Waals surface area contributed by atoms with Crippen LogP contribution < -0.4 is 0 Å². The molecule has 2 aromatic rings. The average molecular weight is 286 g/mol. The molecular weight excluding hydrogens is 276 g/mol. The summed E-state index contributed by atoms with van der Waals surface area (Å²) in [7, 11) is 1.71. The van der Waals surface area contributed by atoms with Crippen LogP contribution in [0.1, 0.15) is 17.9 Å². The third-order valence-corrected chi connectivity index (χ3v) is 4.70. The maximum atomic E-state index is 10.9. The number of aromatic nitrogens is 3. The highest BCUT2D eigenvalue weighted by molar-refractivity contribution is 8.01. The maximum absolute atomic E-state index is 10.9. The molecule has 0 aromatic carbocycles. The van der Waals surface area contributed by atoms with Crippen molar-refractivity contribution in [2.75, 3.05) is 0 Å². The molecular formula is C9H10N4O3S2. The van der Waals surface area contributed by atoms with Gasteiger partial charge in [0.1, 0.15) is 10.5 Å². The molecule has 0 saturated carbocycles. The standard InChI is InChI=1S/C9H10N4O3S2/c1-5(14)7-3-6(13(15)16)8(17-7)18-9-10-4-11-12(9)2/h3-5,14H,1-2H3/t5-/m0/s1. The molecule has 0 radical (unpaired) electrons. The molecule has 2 heterocycles. The van der Waals surface area contributed by atoms with E-state index >= 15 is 0 Å². The van der Waals surface area contributed by atoms with E-state index in [-0.39, 0.29) is 5.69 Å². The van der Waals surface area contributed by atoms with E-state index in [1.807, 2.05) is 0 Å². The smallest absolute Gasteiger partial charge is 0.294 e. The van der Waals surface area contributed by atoms with E-state index in [0.29, 0.717) is 14.2 Å². The number of aliphatic hydroxyl groups is 1. The minimum Gasteiger partial charge on any atom is -0.388 e. The van der Waals surface area contributed by atoms with Crippen molar-refractivity contribution < 1.29 is 10.0 Å². The lowest BCUT2D eigenvalue weighted by Crippen LogP contribution is -1.92. The maximum Gasteiger partial charge on any atom is 0.294 e. The van der Waals surface area contributed by atoms with Crippen LogP contribution in [0.4, 0.5) is 5.69 Å². The zero-order valence-electron chi connectivity index (χ0n) is 9.60. The SMILES string of the molecule is C[C@H](O)c1cc([N+](=O)[O-])c(Sc2ncnn2C)s1. The molecule has 0 amide bonds. The van der Waals surface area contributed by atoms with Crippen LogP contribution in [0.25, 0.3) is 0 Å². The van der Waals surface area contributed by atoms with Crippen molar-refractivity contribution in [2.45, 2.75) is 22.4 Å². The molecule has 0 spiro atoms. The Morgan fingerprint density at radius 3 is 2.89 bits per heavy atom. The Bertz CT molecular complexity index is 578. The lowest BCUT2D eigenvalue weighted by molar-refractivity contribution is -0.387. The van der Waals surface area contributed by atoms with Crippen molar-refractivity contribution in [2.24, 2.45) is 7.05 Å². The van der Waals surface area contributed by atoms with Crippen LogP contribution >= 0.6 is 23.1 Å². The van der Waals surface area contributed by atoms with Crippen LogP contribution in [0.2, 0.25) is 0 Å². The summed E-state index contributed by atoms with van der Waals surface area (Å²) in [6.07, 6.45) is 0.666. The van der Waals surface area contributed by atoms with Gasteiger partial charge in [0, 0.05) is 18.0 Å². The van der Waals surface area contributed by atoms with Gasteiger partial charge in [-0.25, -0.2) is 9.67 Å². The minimum atomic E-state index is -0.720. The second-order valence-corrected chi connectivity index (χ2v) is 5.84. The highest BCUT2D eigenvalue weighted by Crippen LogP contribution is 2.42. The number of thiophene rings is 1. The topological polar surface area (TPSA) is 94.1 Å². The summed E-state index contributed by atoms with van der Waals surface area (Å²) in [6.45, 7) is 1.58. The van der Waals surface area contributed by atoms with Gasteiger partial charge in [-0.05, 0) is 18.7 Å². The van der Waals surface area contributed by atoms with E-state index in [0.717, 1.165) is 0 Å². The fourth-order valence-corrected chi connectivity index (χ4v) is 3.40. The first-order valence-electron chi connectivity index (χ1n) is 4.97. The number of hydrogen-bond acceptors (Lipinski definition) is 7. The van der Waals surface area contributed by atoms with Crippen LogP contribution in [-0.4, -0.2) is 24.8 Å². The van der Waals surface area contributed by atoms with Gasteiger partial charge in [0.2, 0.25) is 0 Å². The molecule has 0 saturated heterocycles. The molecule has 0 aliphatic carbocycles.